The SMILES string of the molecule is CC12CC(NS(=O)(=O)c3ccccc3Cl)CN1C(=O)N(c1ccc(OCC(F)(F)F)cc1)C2. The fourth-order valence-corrected chi connectivity index (χ4v) is 6.02. The maximum Gasteiger partial charge on any atom is 0.422 e. The third-order valence-electron chi connectivity index (χ3n) is 5.70. The van der Waals surface area contributed by atoms with Crippen LogP contribution in [0.3, 0.4) is 0 Å². The van der Waals surface area contributed by atoms with Gasteiger partial charge < -0.3 is 9.64 Å². The summed E-state index contributed by atoms with van der Waals surface area (Å²) in [4.78, 5) is 16.2. The summed E-state index contributed by atoms with van der Waals surface area (Å²) in [7, 11) is -3.86. The van der Waals surface area contributed by atoms with E-state index in [2.05, 4.69) is 4.72 Å². The van der Waals surface area contributed by atoms with Crippen LogP contribution in [0, 0.1) is 0 Å². The largest absolute Gasteiger partial charge is 0.484 e. The predicted octanol–water partition coefficient (Wildman–Crippen LogP) is 4.03. The lowest BCUT2D eigenvalue weighted by Crippen LogP contribution is -2.40. The van der Waals surface area contributed by atoms with Crippen LogP contribution in [0.5, 0.6) is 5.75 Å². The number of carbonyl (C=O) groups is 1. The highest BCUT2D eigenvalue weighted by Crippen LogP contribution is 2.39. The van der Waals surface area contributed by atoms with Crippen LogP contribution in [0.15, 0.2) is 53.4 Å². The molecule has 2 fully saturated rings. The highest BCUT2D eigenvalue weighted by atomic mass is 35.5. The molecule has 1 N–H and O–H groups in total. The summed E-state index contributed by atoms with van der Waals surface area (Å²) in [6.07, 6.45) is -4.04. The van der Waals surface area contributed by atoms with Crippen molar-refractivity contribution in [2.75, 3.05) is 24.6 Å². The number of carbonyl (C=O) groups excluding carboxylic acids is 1. The molecule has 2 aliphatic rings. The molecule has 2 atom stereocenters. The van der Waals surface area contributed by atoms with Crippen molar-refractivity contribution in [3.63, 3.8) is 0 Å². The highest BCUT2D eigenvalue weighted by molar-refractivity contribution is 7.89. The summed E-state index contributed by atoms with van der Waals surface area (Å²) < 4.78 is 69.8. The number of rotatable bonds is 6. The van der Waals surface area contributed by atoms with Gasteiger partial charge in [-0.2, -0.15) is 13.2 Å². The first-order chi connectivity index (χ1) is 15.4. The zero-order valence-electron chi connectivity index (χ0n) is 17.5. The lowest BCUT2D eigenvalue weighted by atomic mass is 9.98. The number of amides is 2. The summed E-state index contributed by atoms with van der Waals surface area (Å²) in [5, 5.41) is 0.111. The van der Waals surface area contributed by atoms with E-state index in [1.807, 2.05) is 6.92 Å². The number of halogens is 4. The Morgan fingerprint density at radius 1 is 1.18 bits per heavy atom. The van der Waals surface area contributed by atoms with E-state index in [-0.39, 0.29) is 28.2 Å². The molecule has 12 heteroatoms. The van der Waals surface area contributed by atoms with Crippen LogP contribution in [0.2, 0.25) is 5.02 Å². The number of ether oxygens (including phenoxy) is 1. The molecule has 0 aliphatic carbocycles. The Bertz CT molecular complexity index is 1160. The second kappa shape index (κ2) is 8.37. The Labute approximate surface area is 194 Å². The van der Waals surface area contributed by atoms with E-state index in [1.54, 1.807) is 17.0 Å². The van der Waals surface area contributed by atoms with E-state index in [0.29, 0.717) is 18.7 Å². The van der Waals surface area contributed by atoms with Gasteiger partial charge in [-0.1, -0.05) is 23.7 Å². The van der Waals surface area contributed by atoms with Crippen molar-refractivity contribution in [3.05, 3.63) is 53.6 Å². The molecule has 4 rings (SSSR count). The average Bonchev–Trinajstić information content (AvgIpc) is 3.17. The maximum absolute atomic E-state index is 13.0. The molecular formula is C21H21ClF3N3O4S. The minimum absolute atomic E-state index is 0.0235. The molecule has 2 saturated heterocycles. The number of sulfonamides is 1. The summed E-state index contributed by atoms with van der Waals surface area (Å²) in [5.74, 6) is 0.0449. The fraction of sp³-hybridized carbons (Fsp3) is 0.381. The molecule has 2 aromatic carbocycles. The number of nitrogens with one attached hydrogen (secondary N) is 1. The second-order valence-corrected chi connectivity index (χ2v) is 10.4. The van der Waals surface area contributed by atoms with E-state index in [4.69, 9.17) is 16.3 Å². The summed E-state index contributed by atoms with van der Waals surface area (Å²) in [6.45, 7) is 0.961. The Morgan fingerprint density at radius 2 is 1.85 bits per heavy atom. The first-order valence-electron chi connectivity index (χ1n) is 10.0. The number of nitrogens with zero attached hydrogens (tertiary/aromatic N) is 2. The number of benzene rings is 2. The predicted molar refractivity (Wildman–Crippen MR) is 116 cm³/mol. The lowest BCUT2D eigenvalue weighted by Gasteiger charge is -2.24. The number of fused-ring (bicyclic) bond motifs is 1. The van der Waals surface area contributed by atoms with Crippen molar-refractivity contribution in [1.82, 2.24) is 9.62 Å². The normalized spacial score (nSPS) is 23.2. The van der Waals surface area contributed by atoms with Crippen LogP contribution in [0.4, 0.5) is 23.7 Å². The zero-order valence-corrected chi connectivity index (χ0v) is 19.0. The number of hydrogen-bond donors (Lipinski definition) is 1. The molecule has 0 aromatic heterocycles. The number of urea groups is 1. The van der Waals surface area contributed by atoms with E-state index in [0.717, 1.165) is 0 Å². The summed E-state index contributed by atoms with van der Waals surface area (Å²) >= 11 is 6.03. The second-order valence-electron chi connectivity index (χ2n) is 8.33. The van der Waals surface area contributed by atoms with Gasteiger partial charge in [0.2, 0.25) is 10.0 Å². The van der Waals surface area contributed by atoms with Gasteiger partial charge >= 0.3 is 12.2 Å². The Morgan fingerprint density at radius 3 is 2.45 bits per heavy atom. The van der Waals surface area contributed by atoms with Crippen LogP contribution in [-0.2, 0) is 10.0 Å². The van der Waals surface area contributed by atoms with Crippen molar-refractivity contribution in [3.8, 4) is 5.75 Å². The number of alkyl halides is 3. The molecule has 0 saturated carbocycles. The number of hydrogen-bond acceptors (Lipinski definition) is 4. The van der Waals surface area contributed by atoms with Crippen LogP contribution in [-0.4, -0.2) is 56.8 Å². The van der Waals surface area contributed by atoms with Gasteiger partial charge in [-0.25, -0.2) is 17.9 Å². The smallest absolute Gasteiger partial charge is 0.422 e. The topological polar surface area (TPSA) is 79.0 Å². The Balaban J connectivity index is 1.43. The van der Waals surface area contributed by atoms with E-state index in [1.165, 1.54) is 41.3 Å². The van der Waals surface area contributed by atoms with E-state index < -0.39 is 34.4 Å². The first-order valence-corrected chi connectivity index (χ1v) is 11.9. The molecule has 0 radical (unpaired) electrons. The quantitative estimate of drug-likeness (QED) is 0.645. The van der Waals surface area contributed by atoms with Crippen molar-refractivity contribution >= 4 is 33.3 Å². The molecule has 178 valence electrons. The minimum Gasteiger partial charge on any atom is -0.484 e. The Hall–Kier alpha value is -2.50. The zero-order chi connectivity index (χ0) is 24.0. The monoisotopic (exact) mass is 503 g/mol. The fourth-order valence-electron chi connectivity index (χ4n) is 4.27. The van der Waals surface area contributed by atoms with Crippen LogP contribution >= 0.6 is 11.6 Å². The van der Waals surface area contributed by atoms with Crippen LogP contribution < -0.4 is 14.4 Å². The Kier molecular flexibility index (Phi) is 6.00. The van der Waals surface area contributed by atoms with Crippen molar-refractivity contribution < 1.29 is 31.1 Å². The van der Waals surface area contributed by atoms with Gasteiger partial charge in [-0.3, -0.25) is 4.90 Å². The molecule has 2 heterocycles. The van der Waals surface area contributed by atoms with Crippen LogP contribution in [0.1, 0.15) is 13.3 Å². The maximum atomic E-state index is 13.0. The van der Waals surface area contributed by atoms with Gasteiger partial charge in [0.15, 0.2) is 6.61 Å². The third-order valence-corrected chi connectivity index (χ3v) is 7.72. The highest BCUT2D eigenvalue weighted by Gasteiger charge is 2.53. The number of anilines is 1. The molecule has 2 amide bonds. The van der Waals surface area contributed by atoms with Gasteiger partial charge in [-0.15, -0.1) is 0 Å². The van der Waals surface area contributed by atoms with Gasteiger partial charge in [0.1, 0.15) is 10.6 Å². The van der Waals surface area contributed by atoms with Gasteiger partial charge in [0.05, 0.1) is 17.1 Å². The van der Waals surface area contributed by atoms with E-state index >= 15 is 0 Å². The molecule has 7 nitrogen and oxygen atoms in total. The van der Waals surface area contributed by atoms with Crippen molar-refractivity contribution in [2.45, 2.75) is 36.0 Å². The van der Waals surface area contributed by atoms with Gasteiger partial charge in [-0.05, 0) is 49.7 Å². The van der Waals surface area contributed by atoms with Crippen LogP contribution in [0.25, 0.3) is 0 Å². The molecular weight excluding hydrogens is 483 g/mol. The molecule has 0 bridgehead atoms. The summed E-state index contributed by atoms with van der Waals surface area (Å²) in [5.41, 5.74) is -0.0980. The standard InChI is InChI=1S/C21H21ClF3N3O4S/c1-20-10-14(26-33(30,31)18-5-3-2-4-17(18)22)11-28(20)19(29)27(12-20)15-6-8-16(9-7-15)32-13-21(23,24)25/h2-9,14,26H,10-13H2,1H3. The minimum atomic E-state index is -4.44. The average molecular weight is 504 g/mol. The van der Waals surface area contributed by atoms with E-state index in [9.17, 15) is 26.4 Å². The van der Waals surface area contributed by atoms with Gasteiger partial charge in [0, 0.05) is 18.3 Å². The molecule has 2 unspecified atom stereocenters. The first kappa shape index (κ1) is 23.7. The molecule has 2 aliphatic heterocycles. The molecule has 33 heavy (non-hydrogen) atoms. The molecule has 0 spiro atoms. The summed E-state index contributed by atoms with van der Waals surface area (Å²) in [6, 6.07) is 11.1. The van der Waals surface area contributed by atoms with Gasteiger partial charge in [0.25, 0.3) is 0 Å². The lowest BCUT2D eigenvalue weighted by molar-refractivity contribution is -0.153. The van der Waals surface area contributed by atoms with Crippen molar-refractivity contribution in [2.24, 2.45) is 0 Å². The third kappa shape index (κ3) is 4.90. The van der Waals surface area contributed by atoms with Crippen molar-refractivity contribution in [1.29, 1.82) is 0 Å². The molecule has 2 aromatic rings.